The van der Waals surface area contributed by atoms with Crippen LogP contribution in [0.4, 0.5) is 5.69 Å². The Kier molecular flexibility index (Phi) is 2.84. The summed E-state index contributed by atoms with van der Waals surface area (Å²) in [6.07, 6.45) is 3.21. The van der Waals surface area contributed by atoms with E-state index in [0.29, 0.717) is 5.56 Å². The second-order valence-corrected chi connectivity index (χ2v) is 2.87. The Morgan fingerprint density at radius 3 is 2.77 bits per heavy atom. The first-order chi connectivity index (χ1) is 6.16. The second-order valence-electron chi connectivity index (χ2n) is 2.87. The molecule has 1 aromatic rings. The molecular weight excluding hydrogens is 166 g/mol. The zero-order valence-corrected chi connectivity index (χ0v) is 8.03. The molecule has 0 spiro atoms. The van der Waals surface area contributed by atoms with Gasteiger partial charge in [-0.15, -0.1) is 0 Å². The van der Waals surface area contributed by atoms with Gasteiger partial charge in [-0.05, 0) is 6.07 Å². The molecule has 70 valence electrons. The van der Waals surface area contributed by atoms with Gasteiger partial charge >= 0.3 is 0 Å². The molecule has 0 bridgehead atoms. The van der Waals surface area contributed by atoms with Gasteiger partial charge in [-0.1, -0.05) is 0 Å². The molecule has 13 heavy (non-hydrogen) atoms. The summed E-state index contributed by atoms with van der Waals surface area (Å²) >= 11 is 0. The fraction of sp³-hybridized carbons (Fsp3) is 0.333. The normalized spacial score (nSPS) is 9.46. The summed E-state index contributed by atoms with van der Waals surface area (Å²) in [5.41, 5.74) is 1.39. The first-order valence-electron chi connectivity index (χ1n) is 4.00. The summed E-state index contributed by atoms with van der Waals surface area (Å²) in [7, 11) is 5.21. The van der Waals surface area contributed by atoms with Gasteiger partial charge in [0.15, 0.2) is 0 Å². The van der Waals surface area contributed by atoms with Crippen molar-refractivity contribution in [3.63, 3.8) is 0 Å². The number of aromatic nitrogens is 1. The van der Waals surface area contributed by atoms with Gasteiger partial charge in [0, 0.05) is 39.2 Å². The van der Waals surface area contributed by atoms with Crippen molar-refractivity contribution in [2.24, 2.45) is 0 Å². The number of carbonyl (C=O) groups excluding carboxylic acids is 1. The molecule has 0 fully saturated rings. The zero-order valence-electron chi connectivity index (χ0n) is 8.03. The predicted octanol–water partition coefficient (Wildman–Crippen LogP) is 0.825. The quantitative estimate of drug-likeness (QED) is 0.731. The maximum atomic E-state index is 11.6. The Labute approximate surface area is 77.6 Å². The van der Waals surface area contributed by atoms with Gasteiger partial charge in [0.25, 0.3) is 5.91 Å². The third kappa shape index (κ3) is 1.96. The molecule has 0 aliphatic rings. The fourth-order valence-electron chi connectivity index (χ4n) is 1.02. The number of rotatable bonds is 2. The van der Waals surface area contributed by atoms with E-state index in [1.54, 1.807) is 39.6 Å². The van der Waals surface area contributed by atoms with Crippen LogP contribution in [0.2, 0.25) is 0 Å². The first kappa shape index (κ1) is 9.51. The lowest BCUT2D eigenvalue weighted by molar-refractivity contribution is 0.0828. The summed E-state index contributed by atoms with van der Waals surface area (Å²) < 4.78 is 0. The number of carbonyl (C=O) groups is 1. The predicted molar refractivity (Wildman–Crippen MR) is 51.8 cm³/mol. The molecule has 1 aromatic heterocycles. The van der Waals surface area contributed by atoms with Crippen LogP contribution >= 0.6 is 0 Å². The minimum absolute atomic E-state index is 0.0440. The van der Waals surface area contributed by atoms with Crippen molar-refractivity contribution < 1.29 is 4.79 Å². The molecule has 0 saturated carbocycles. The van der Waals surface area contributed by atoms with Crippen LogP contribution < -0.4 is 5.32 Å². The summed E-state index contributed by atoms with van der Waals surface area (Å²) in [5.74, 6) is -0.0440. The Bertz CT molecular complexity index is 309. The highest BCUT2D eigenvalue weighted by Crippen LogP contribution is 2.13. The van der Waals surface area contributed by atoms with E-state index >= 15 is 0 Å². The van der Waals surface area contributed by atoms with Crippen LogP contribution in [-0.4, -0.2) is 36.9 Å². The smallest absolute Gasteiger partial charge is 0.257 e. The summed E-state index contributed by atoms with van der Waals surface area (Å²) in [6.45, 7) is 0. The van der Waals surface area contributed by atoms with E-state index in [4.69, 9.17) is 0 Å². The molecule has 0 saturated heterocycles. The molecule has 0 aromatic carbocycles. The minimum Gasteiger partial charge on any atom is -0.387 e. The van der Waals surface area contributed by atoms with Crippen molar-refractivity contribution in [1.29, 1.82) is 0 Å². The summed E-state index contributed by atoms with van der Waals surface area (Å²) in [6, 6.07) is 1.77. The number of nitrogens with zero attached hydrogens (tertiary/aromatic N) is 2. The van der Waals surface area contributed by atoms with Gasteiger partial charge in [-0.3, -0.25) is 9.78 Å². The highest BCUT2D eigenvalue weighted by atomic mass is 16.2. The maximum absolute atomic E-state index is 11.6. The molecule has 1 heterocycles. The third-order valence-corrected chi connectivity index (χ3v) is 1.73. The lowest BCUT2D eigenvalue weighted by atomic mass is 10.2. The number of amides is 1. The van der Waals surface area contributed by atoms with E-state index in [1.165, 1.54) is 4.90 Å². The molecule has 0 unspecified atom stereocenters. The molecule has 1 amide bonds. The van der Waals surface area contributed by atoms with Crippen LogP contribution in [0.3, 0.4) is 0 Å². The summed E-state index contributed by atoms with van der Waals surface area (Å²) in [5, 5.41) is 2.94. The third-order valence-electron chi connectivity index (χ3n) is 1.73. The highest BCUT2D eigenvalue weighted by Gasteiger charge is 2.11. The topological polar surface area (TPSA) is 45.2 Å². The summed E-state index contributed by atoms with van der Waals surface area (Å²) in [4.78, 5) is 17.0. The van der Waals surface area contributed by atoms with Crippen LogP contribution in [0.25, 0.3) is 0 Å². The Morgan fingerprint density at radius 1 is 1.54 bits per heavy atom. The molecule has 4 heteroatoms. The first-order valence-corrected chi connectivity index (χ1v) is 4.00. The van der Waals surface area contributed by atoms with E-state index in [9.17, 15) is 4.79 Å². The molecule has 0 atom stereocenters. The Morgan fingerprint density at radius 2 is 2.23 bits per heavy atom. The van der Waals surface area contributed by atoms with Crippen LogP contribution in [0.1, 0.15) is 10.4 Å². The standard InChI is InChI=1S/C9H13N3O/c1-10-8-4-5-11-6-7(8)9(13)12(2)3/h4-6H,1-3H3,(H,10,11). The Hall–Kier alpha value is -1.58. The van der Waals surface area contributed by atoms with Crippen LogP contribution in [0.5, 0.6) is 0 Å². The van der Waals surface area contributed by atoms with E-state index in [1.807, 2.05) is 0 Å². The van der Waals surface area contributed by atoms with Crippen molar-refractivity contribution in [2.45, 2.75) is 0 Å². The van der Waals surface area contributed by atoms with Gasteiger partial charge in [0.05, 0.1) is 5.56 Å². The van der Waals surface area contributed by atoms with Crippen molar-refractivity contribution in [2.75, 3.05) is 26.5 Å². The van der Waals surface area contributed by atoms with Gasteiger partial charge in [0.1, 0.15) is 0 Å². The average molecular weight is 179 g/mol. The molecular formula is C9H13N3O. The molecule has 1 N–H and O–H groups in total. The van der Waals surface area contributed by atoms with Crippen LogP contribution in [-0.2, 0) is 0 Å². The molecule has 0 aliphatic carbocycles. The SMILES string of the molecule is CNc1ccncc1C(=O)N(C)C. The monoisotopic (exact) mass is 179 g/mol. The molecule has 0 radical (unpaired) electrons. The second kappa shape index (κ2) is 3.89. The van der Waals surface area contributed by atoms with Gasteiger partial charge in [0.2, 0.25) is 0 Å². The van der Waals surface area contributed by atoms with E-state index in [2.05, 4.69) is 10.3 Å². The van der Waals surface area contributed by atoms with Crippen molar-refractivity contribution in [1.82, 2.24) is 9.88 Å². The van der Waals surface area contributed by atoms with Crippen LogP contribution in [0, 0.1) is 0 Å². The van der Waals surface area contributed by atoms with Gasteiger partial charge in [-0.2, -0.15) is 0 Å². The minimum atomic E-state index is -0.0440. The van der Waals surface area contributed by atoms with Crippen molar-refractivity contribution in [3.8, 4) is 0 Å². The van der Waals surface area contributed by atoms with E-state index in [-0.39, 0.29) is 5.91 Å². The number of hydrogen-bond acceptors (Lipinski definition) is 3. The number of nitrogens with one attached hydrogen (secondary N) is 1. The van der Waals surface area contributed by atoms with Crippen molar-refractivity contribution in [3.05, 3.63) is 24.0 Å². The zero-order chi connectivity index (χ0) is 9.84. The number of anilines is 1. The molecule has 1 rings (SSSR count). The van der Waals surface area contributed by atoms with Gasteiger partial charge in [-0.25, -0.2) is 0 Å². The Balaban J connectivity index is 3.06. The maximum Gasteiger partial charge on any atom is 0.257 e. The van der Waals surface area contributed by atoms with E-state index < -0.39 is 0 Å². The number of hydrogen-bond donors (Lipinski definition) is 1. The lowest BCUT2D eigenvalue weighted by Gasteiger charge is -2.12. The van der Waals surface area contributed by atoms with Gasteiger partial charge < -0.3 is 10.2 Å². The van der Waals surface area contributed by atoms with Crippen LogP contribution in [0.15, 0.2) is 18.5 Å². The van der Waals surface area contributed by atoms with E-state index in [0.717, 1.165) is 5.69 Å². The molecule has 0 aliphatic heterocycles. The molecule has 4 nitrogen and oxygen atoms in total. The number of pyridine rings is 1. The lowest BCUT2D eigenvalue weighted by Crippen LogP contribution is -2.22. The fourth-order valence-corrected chi connectivity index (χ4v) is 1.02. The average Bonchev–Trinajstić information content (AvgIpc) is 2.16. The largest absolute Gasteiger partial charge is 0.387 e. The highest BCUT2D eigenvalue weighted by molar-refractivity contribution is 5.98. The van der Waals surface area contributed by atoms with Crippen molar-refractivity contribution >= 4 is 11.6 Å².